The second-order valence-corrected chi connectivity index (χ2v) is 6.14. The van der Waals surface area contributed by atoms with Gasteiger partial charge in [-0.2, -0.15) is 0 Å². The summed E-state index contributed by atoms with van der Waals surface area (Å²) in [5, 5.41) is 8.39. The lowest BCUT2D eigenvalue weighted by atomic mass is 10.1. The monoisotopic (exact) mass is 365 g/mol. The Morgan fingerprint density at radius 1 is 1.19 bits per heavy atom. The van der Waals surface area contributed by atoms with E-state index >= 15 is 0 Å². The van der Waals surface area contributed by atoms with Crippen molar-refractivity contribution in [1.82, 2.24) is 24.9 Å². The van der Waals surface area contributed by atoms with Crippen molar-refractivity contribution in [3.63, 3.8) is 0 Å². The molecule has 1 aliphatic heterocycles. The number of fused-ring (bicyclic) bond motifs is 1. The number of ether oxygens (including phenoxy) is 2. The highest BCUT2D eigenvalue weighted by Gasteiger charge is 2.26. The summed E-state index contributed by atoms with van der Waals surface area (Å²) in [6.07, 6.45) is 3.34. The lowest BCUT2D eigenvalue weighted by Crippen LogP contribution is -2.38. The maximum absolute atomic E-state index is 12.9. The molecule has 8 nitrogen and oxygen atoms in total. The largest absolute Gasteiger partial charge is 0.497 e. The quantitative estimate of drug-likeness (QED) is 0.687. The third-order valence-corrected chi connectivity index (χ3v) is 4.45. The molecule has 0 saturated heterocycles. The van der Waals surface area contributed by atoms with E-state index in [9.17, 15) is 4.79 Å². The molecule has 0 radical (unpaired) electrons. The molecule has 0 saturated carbocycles. The number of carbonyl (C=O) groups is 1. The van der Waals surface area contributed by atoms with Gasteiger partial charge in [0.25, 0.3) is 5.91 Å². The molecule has 3 heterocycles. The molecule has 8 heteroatoms. The van der Waals surface area contributed by atoms with Crippen molar-refractivity contribution in [3.8, 4) is 11.5 Å². The molecule has 0 bridgehead atoms. The number of hydrogen-bond acceptors (Lipinski definition) is 6. The molecule has 0 unspecified atom stereocenters. The number of carbonyl (C=O) groups excluding carboxylic acids is 1. The van der Waals surface area contributed by atoms with E-state index in [1.54, 1.807) is 36.5 Å². The van der Waals surface area contributed by atoms with Crippen molar-refractivity contribution < 1.29 is 14.3 Å². The molecule has 1 amide bonds. The van der Waals surface area contributed by atoms with Crippen molar-refractivity contribution in [2.45, 2.75) is 19.7 Å². The Kier molecular flexibility index (Phi) is 4.69. The highest BCUT2D eigenvalue weighted by atomic mass is 16.5. The molecule has 1 aromatic carbocycles. The van der Waals surface area contributed by atoms with Crippen LogP contribution in [0.4, 0.5) is 0 Å². The van der Waals surface area contributed by atoms with Gasteiger partial charge in [0.2, 0.25) is 0 Å². The summed E-state index contributed by atoms with van der Waals surface area (Å²) in [5.74, 6) is 1.29. The predicted molar refractivity (Wildman–Crippen MR) is 96.3 cm³/mol. The van der Waals surface area contributed by atoms with E-state index in [1.165, 1.54) is 0 Å². The molecule has 3 aromatic rings. The zero-order chi connectivity index (χ0) is 18.6. The fourth-order valence-corrected chi connectivity index (χ4v) is 3.00. The van der Waals surface area contributed by atoms with Gasteiger partial charge in [-0.05, 0) is 30.3 Å². The van der Waals surface area contributed by atoms with Crippen molar-refractivity contribution in [2.75, 3.05) is 13.7 Å². The first kappa shape index (κ1) is 17.0. The van der Waals surface area contributed by atoms with Crippen molar-refractivity contribution >= 4 is 5.91 Å². The minimum Gasteiger partial charge on any atom is -0.497 e. The van der Waals surface area contributed by atoms with E-state index in [-0.39, 0.29) is 12.5 Å². The van der Waals surface area contributed by atoms with Gasteiger partial charge in [-0.1, -0.05) is 11.3 Å². The number of pyridine rings is 1. The fourth-order valence-electron chi connectivity index (χ4n) is 3.00. The smallest absolute Gasteiger partial charge is 0.254 e. The molecule has 138 valence electrons. The molecule has 0 N–H and O–H groups in total. The minimum atomic E-state index is -0.0412. The second-order valence-electron chi connectivity index (χ2n) is 6.14. The van der Waals surface area contributed by atoms with Crippen LogP contribution >= 0.6 is 0 Å². The fraction of sp³-hybridized carbons (Fsp3) is 0.263. The van der Waals surface area contributed by atoms with Gasteiger partial charge < -0.3 is 14.4 Å². The molecule has 1 aliphatic rings. The molecular weight excluding hydrogens is 346 g/mol. The van der Waals surface area contributed by atoms with E-state index in [0.29, 0.717) is 36.7 Å². The maximum Gasteiger partial charge on any atom is 0.254 e. The van der Waals surface area contributed by atoms with E-state index in [0.717, 1.165) is 11.4 Å². The molecule has 0 spiro atoms. The molecular formula is C19H19N5O3. The maximum atomic E-state index is 12.9. The molecule has 27 heavy (non-hydrogen) atoms. The minimum absolute atomic E-state index is 0.0412. The van der Waals surface area contributed by atoms with Crippen LogP contribution < -0.4 is 9.47 Å². The Morgan fingerprint density at radius 2 is 2.07 bits per heavy atom. The standard InChI is InChI=1S/C19H19N5O3/c1-26-15-5-2-4-14(10-15)19(25)23-8-9-24-18(12-23)17(21-22-24)13-27-16-6-3-7-20-11-16/h2-7,10-11H,8-9,12-13H2,1H3. The first-order valence-electron chi connectivity index (χ1n) is 8.62. The summed E-state index contributed by atoms with van der Waals surface area (Å²) in [6.45, 7) is 1.90. The SMILES string of the molecule is COc1cccc(C(=O)N2CCn3nnc(COc4cccnc4)c3C2)c1. The van der Waals surface area contributed by atoms with Crippen LogP contribution in [0.15, 0.2) is 48.8 Å². The van der Waals surface area contributed by atoms with Crippen LogP contribution in [0, 0.1) is 0 Å². The van der Waals surface area contributed by atoms with Gasteiger partial charge in [-0.3, -0.25) is 9.78 Å². The van der Waals surface area contributed by atoms with E-state index in [4.69, 9.17) is 9.47 Å². The van der Waals surface area contributed by atoms with Crippen LogP contribution in [0.1, 0.15) is 21.7 Å². The number of methoxy groups -OCH3 is 1. The van der Waals surface area contributed by atoms with Crippen LogP contribution in [0.2, 0.25) is 0 Å². The Balaban J connectivity index is 1.49. The van der Waals surface area contributed by atoms with Crippen molar-refractivity contribution in [2.24, 2.45) is 0 Å². The molecule has 0 aliphatic carbocycles. The Labute approximate surface area is 156 Å². The molecule has 0 fully saturated rings. The van der Waals surface area contributed by atoms with E-state index < -0.39 is 0 Å². The zero-order valence-corrected chi connectivity index (χ0v) is 14.9. The first-order chi connectivity index (χ1) is 13.2. The van der Waals surface area contributed by atoms with Gasteiger partial charge in [-0.25, -0.2) is 4.68 Å². The number of aromatic nitrogens is 4. The Bertz CT molecular complexity index is 942. The van der Waals surface area contributed by atoms with Crippen LogP contribution in [0.3, 0.4) is 0 Å². The average Bonchev–Trinajstić information content (AvgIpc) is 3.14. The first-order valence-corrected chi connectivity index (χ1v) is 8.62. The number of benzene rings is 1. The molecule has 4 rings (SSSR count). The number of nitrogens with zero attached hydrogens (tertiary/aromatic N) is 5. The summed E-state index contributed by atoms with van der Waals surface area (Å²) in [6, 6.07) is 10.8. The van der Waals surface area contributed by atoms with Gasteiger partial charge in [-0.15, -0.1) is 5.10 Å². The molecule has 2 aromatic heterocycles. The van der Waals surface area contributed by atoms with Gasteiger partial charge >= 0.3 is 0 Å². The molecule has 0 atom stereocenters. The lowest BCUT2D eigenvalue weighted by Gasteiger charge is -2.28. The zero-order valence-electron chi connectivity index (χ0n) is 14.9. The highest BCUT2D eigenvalue weighted by molar-refractivity contribution is 5.94. The van der Waals surface area contributed by atoms with E-state index in [2.05, 4.69) is 15.3 Å². The second kappa shape index (κ2) is 7.45. The summed E-state index contributed by atoms with van der Waals surface area (Å²) in [7, 11) is 1.59. The predicted octanol–water partition coefficient (Wildman–Crippen LogP) is 1.92. The van der Waals surface area contributed by atoms with Crippen LogP contribution in [0.25, 0.3) is 0 Å². The van der Waals surface area contributed by atoms with Crippen LogP contribution in [0.5, 0.6) is 11.5 Å². The number of hydrogen-bond donors (Lipinski definition) is 0. The van der Waals surface area contributed by atoms with Gasteiger partial charge in [0.1, 0.15) is 23.8 Å². The Morgan fingerprint density at radius 3 is 2.89 bits per heavy atom. The van der Waals surface area contributed by atoms with E-state index in [1.807, 2.05) is 28.9 Å². The third kappa shape index (κ3) is 3.59. The summed E-state index contributed by atoms with van der Waals surface area (Å²) in [4.78, 5) is 18.7. The summed E-state index contributed by atoms with van der Waals surface area (Å²) in [5.41, 5.74) is 2.21. The summed E-state index contributed by atoms with van der Waals surface area (Å²) < 4.78 is 12.8. The topological polar surface area (TPSA) is 82.4 Å². The van der Waals surface area contributed by atoms with Crippen LogP contribution in [-0.4, -0.2) is 44.4 Å². The normalized spacial score (nSPS) is 13.1. The van der Waals surface area contributed by atoms with Gasteiger partial charge in [0.05, 0.1) is 32.1 Å². The number of rotatable bonds is 5. The highest BCUT2D eigenvalue weighted by Crippen LogP contribution is 2.20. The Hall–Kier alpha value is -3.42. The van der Waals surface area contributed by atoms with Gasteiger partial charge in [0.15, 0.2) is 0 Å². The van der Waals surface area contributed by atoms with Crippen molar-refractivity contribution in [3.05, 3.63) is 65.7 Å². The van der Waals surface area contributed by atoms with Gasteiger partial charge in [0, 0.05) is 18.3 Å². The third-order valence-electron chi connectivity index (χ3n) is 4.45. The summed E-state index contributed by atoms with van der Waals surface area (Å²) >= 11 is 0. The van der Waals surface area contributed by atoms with Crippen molar-refractivity contribution in [1.29, 1.82) is 0 Å². The lowest BCUT2D eigenvalue weighted by molar-refractivity contribution is 0.0704. The average molecular weight is 365 g/mol. The number of amides is 1. The van der Waals surface area contributed by atoms with Crippen LogP contribution in [-0.2, 0) is 19.7 Å².